The van der Waals surface area contributed by atoms with E-state index >= 15 is 0 Å². The van der Waals surface area contributed by atoms with Gasteiger partial charge in [-0.2, -0.15) is 13.6 Å². The van der Waals surface area contributed by atoms with Gasteiger partial charge in [-0.3, -0.25) is 0 Å². The molecule has 1 atom stereocenters. The van der Waals surface area contributed by atoms with E-state index in [1.165, 1.54) is 24.3 Å². The number of rotatable bonds is 3. The van der Waals surface area contributed by atoms with E-state index in [1.54, 1.807) is 6.07 Å². The number of hydrogen-bond donors (Lipinski definition) is 0. The number of hydrogen-bond acceptors (Lipinski definition) is 2. The smallest absolute Gasteiger partial charge is 0.192 e. The van der Waals surface area contributed by atoms with Crippen molar-refractivity contribution in [2.45, 2.75) is 5.76 Å². The number of nitrogens with zero attached hydrogens (tertiary/aromatic N) is 1. The molecule has 0 bridgehead atoms. The first-order chi connectivity index (χ1) is 6.97. The average Bonchev–Trinajstić information content (AvgIpc) is 2.17. The molecule has 0 saturated heterocycles. The van der Waals surface area contributed by atoms with E-state index in [2.05, 4.69) is 0 Å². The SMILES string of the molecule is O=C(F)[N+](Cl)(SC(F)F)c1ccccc1. The molecule has 82 valence electrons. The molecule has 7 heteroatoms. The number of quaternary nitrogens is 1. The van der Waals surface area contributed by atoms with Crippen LogP contribution in [0.15, 0.2) is 30.3 Å². The third kappa shape index (κ3) is 2.87. The largest absolute Gasteiger partial charge is 0.541 e. The highest BCUT2D eigenvalue weighted by Crippen LogP contribution is 2.39. The van der Waals surface area contributed by atoms with Crippen molar-refractivity contribution in [1.29, 1.82) is 0 Å². The van der Waals surface area contributed by atoms with Crippen molar-refractivity contribution in [1.82, 2.24) is 3.41 Å². The molecule has 1 aromatic rings. The Kier molecular flexibility index (Phi) is 4.01. The van der Waals surface area contributed by atoms with Crippen molar-refractivity contribution in [3.63, 3.8) is 0 Å². The van der Waals surface area contributed by atoms with Crippen LogP contribution < -0.4 is 3.41 Å². The molecule has 0 aliphatic heterocycles. The van der Waals surface area contributed by atoms with Crippen LogP contribution in [0.2, 0.25) is 0 Å². The number of carbonyl (C=O) groups is 1. The number of halogens is 4. The lowest BCUT2D eigenvalue weighted by Crippen LogP contribution is -2.35. The number of benzene rings is 1. The second-order valence-corrected chi connectivity index (χ2v) is 4.31. The minimum atomic E-state index is -2.96. The van der Waals surface area contributed by atoms with E-state index in [4.69, 9.17) is 11.8 Å². The highest BCUT2D eigenvalue weighted by atomic mass is 35.5. The van der Waals surface area contributed by atoms with E-state index in [0.29, 0.717) is 0 Å². The molecule has 1 unspecified atom stereocenters. The normalized spacial score (nSPS) is 15.0. The van der Waals surface area contributed by atoms with Gasteiger partial charge in [-0.05, 0) is 3.41 Å². The molecule has 1 amide bonds. The van der Waals surface area contributed by atoms with Crippen LogP contribution in [-0.4, -0.2) is 11.9 Å². The Balaban J connectivity index is 3.07. The molecule has 1 aromatic carbocycles. The lowest BCUT2D eigenvalue weighted by atomic mass is 10.3. The van der Waals surface area contributed by atoms with Gasteiger partial charge in [0.1, 0.15) is 0 Å². The number of alkyl halides is 2. The zero-order chi connectivity index (χ0) is 11.5. The summed E-state index contributed by atoms with van der Waals surface area (Å²) < 4.78 is 35.2. The molecule has 0 aliphatic carbocycles. The number of carbonyl (C=O) groups excluding carboxylic acids is 1. The van der Waals surface area contributed by atoms with Gasteiger partial charge in [0, 0.05) is 12.1 Å². The summed E-state index contributed by atoms with van der Waals surface area (Å²) in [7, 11) is 0. The van der Waals surface area contributed by atoms with Crippen molar-refractivity contribution in [2.24, 2.45) is 0 Å². The molecule has 2 nitrogen and oxygen atoms in total. The maximum absolute atomic E-state index is 12.6. The predicted octanol–water partition coefficient (Wildman–Crippen LogP) is 4.11. The van der Waals surface area contributed by atoms with Crippen LogP contribution in [0.3, 0.4) is 0 Å². The van der Waals surface area contributed by atoms with E-state index in [1.807, 2.05) is 0 Å². The molecule has 0 heterocycles. The van der Waals surface area contributed by atoms with Crippen molar-refractivity contribution in [3.8, 4) is 0 Å². The first-order valence-corrected chi connectivity index (χ1v) is 4.95. The van der Waals surface area contributed by atoms with Crippen LogP contribution >= 0.6 is 23.7 Å². The summed E-state index contributed by atoms with van der Waals surface area (Å²) in [5.74, 6) is -2.96. The highest BCUT2D eigenvalue weighted by Gasteiger charge is 2.45. The van der Waals surface area contributed by atoms with Crippen LogP contribution in [0.1, 0.15) is 0 Å². The van der Waals surface area contributed by atoms with Gasteiger partial charge in [0.15, 0.2) is 29.4 Å². The standard InChI is InChI=1S/C8H6ClF3NOS/c9-13(8(12)14,15-7(10)11)6-4-2-1-3-5-6/h1-5,7H/q+1. The monoisotopic (exact) mass is 256 g/mol. The third-order valence-electron chi connectivity index (χ3n) is 1.54. The number of para-hydroxylation sites is 1. The van der Waals surface area contributed by atoms with Gasteiger partial charge in [0.2, 0.25) is 0 Å². The molecule has 0 aliphatic rings. The molecule has 1 rings (SSSR count). The van der Waals surface area contributed by atoms with Gasteiger partial charge in [0.05, 0.1) is 0 Å². The molecule has 0 N–H and O–H groups in total. The van der Waals surface area contributed by atoms with Crippen LogP contribution in [0.25, 0.3) is 0 Å². The van der Waals surface area contributed by atoms with E-state index < -0.39 is 15.3 Å². The molecule has 0 saturated carbocycles. The quantitative estimate of drug-likeness (QED) is 0.350. The lowest BCUT2D eigenvalue weighted by molar-refractivity contribution is 0.213. The minimum absolute atomic E-state index is 0.0584. The molecular weight excluding hydrogens is 251 g/mol. The summed E-state index contributed by atoms with van der Waals surface area (Å²) >= 11 is 5.20. The van der Waals surface area contributed by atoms with Gasteiger partial charge in [-0.15, -0.1) is 4.39 Å². The summed E-state index contributed by atoms with van der Waals surface area (Å²) in [5, 5.41) is 0. The fourth-order valence-corrected chi connectivity index (χ4v) is 1.77. The van der Waals surface area contributed by atoms with Crippen LogP contribution in [-0.2, 0) is 0 Å². The first-order valence-electron chi connectivity index (χ1n) is 3.77. The molecular formula is C8H6ClF3NOS+. The third-order valence-corrected chi connectivity index (χ3v) is 2.91. The summed E-state index contributed by atoms with van der Waals surface area (Å²) in [4.78, 5) is 10.6. The molecule has 0 radical (unpaired) electrons. The first kappa shape index (κ1) is 12.4. The highest BCUT2D eigenvalue weighted by molar-refractivity contribution is 8.00. The van der Waals surface area contributed by atoms with E-state index in [-0.39, 0.29) is 17.6 Å². The zero-order valence-corrected chi connectivity index (χ0v) is 8.81. The summed E-state index contributed by atoms with van der Waals surface area (Å²) in [5.41, 5.74) is -0.0584. The summed E-state index contributed by atoms with van der Waals surface area (Å²) in [6.45, 7) is 0. The molecule has 15 heavy (non-hydrogen) atoms. The summed E-state index contributed by atoms with van der Waals surface area (Å²) in [6, 6.07) is 7.12. The predicted molar refractivity (Wildman–Crippen MR) is 54.2 cm³/mol. The second kappa shape index (κ2) is 4.87. The Morgan fingerprint density at radius 3 is 2.27 bits per heavy atom. The Morgan fingerprint density at radius 2 is 1.87 bits per heavy atom. The second-order valence-electron chi connectivity index (χ2n) is 2.49. The van der Waals surface area contributed by atoms with E-state index in [0.717, 1.165) is 0 Å². The van der Waals surface area contributed by atoms with Gasteiger partial charge in [-0.25, -0.2) is 0 Å². The van der Waals surface area contributed by atoms with E-state index in [9.17, 15) is 18.0 Å². The molecule has 0 spiro atoms. The maximum Gasteiger partial charge on any atom is 0.541 e. The average molecular weight is 257 g/mol. The Labute approximate surface area is 93.5 Å². The van der Waals surface area contributed by atoms with Gasteiger partial charge < -0.3 is 0 Å². The fourth-order valence-electron chi connectivity index (χ4n) is 0.933. The van der Waals surface area contributed by atoms with Crippen molar-refractivity contribution in [3.05, 3.63) is 30.3 Å². The molecule has 0 fully saturated rings. The number of amides is 1. The van der Waals surface area contributed by atoms with Crippen LogP contribution in [0.4, 0.5) is 23.7 Å². The Morgan fingerprint density at radius 1 is 1.33 bits per heavy atom. The lowest BCUT2D eigenvalue weighted by Gasteiger charge is -2.18. The van der Waals surface area contributed by atoms with Crippen molar-refractivity contribution < 1.29 is 18.0 Å². The van der Waals surface area contributed by atoms with Gasteiger partial charge in [-0.1, -0.05) is 18.2 Å². The Bertz CT molecular complexity index is 351. The van der Waals surface area contributed by atoms with Gasteiger partial charge in [0.25, 0.3) is 0 Å². The van der Waals surface area contributed by atoms with Gasteiger partial charge >= 0.3 is 11.9 Å². The van der Waals surface area contributed by atoms with Crippen LogP contribution in [0, 0.1) is 0 Å². The minimum Gasteiger partial charge on any atom is -0.192 e. The molecule has 0 aromatic heterocycles. The Hall–Kier alpha value is -0.720. The fraction of sp³-hybridized carbons (Fsp3) is 0.125. The zero-order valence-electron chi connectivity index (χ0n) is 7.24. The summed E-state index contributed by atoms with van der Waals surface area (Å²) in [6.07, 6.45) is -2.06. The van der Waals surface area contributed by atoms with Crippen molar-refractivity contribution in [2.75, 3.05) is 0 Å². The topological polar surface area (TPSA) is 17.1 Å². The van der Waals surface area contributed by atoms with Crippen molar-refractivity contribution >= 4 is 35.6 Å². The maximum atomic E-state index is 12.6. The van der Waals surface area contributed by atoms with Crippen LogP contribution in [0.5, 0.6) is 0 Å².